The van der Waals surface area contributed by atoms with Gasteiger partial charge in [0.25, 0.3) is 11.5 Å². The van der Waals surface area contributed by atoms with Crippen LogP contribution in [0.15, 0.2) is 82.8 Å². The van der Waals surface area contributed by atoms with Crippen molar-refractivity contribution in [3.05, 3.63) is 111 Å². The largest absolute Gasteiger partial charge is 0.454 e. The van der Waals surface area contributed by atoms with Gasteiger partial charge in [0.1, 0.15) is 11.6 Å². The van der Waals surface area contributed by atoms with E-state index in [-0.39, 0.29) is 17.1 Å². The third-order valence-electron chi connectivity index (χ3n) is 5.94. The third-order valence-corrected chi connectivity index (χ3v) is 5.94. The zero-order valence-electron chi connectivity index (χ0n) is 22.1. The second-order valence-electron chi connectivity index (χ2n) is 9.27. The maximum Gasteiger partial charge on any atom is 0.352 e. The molecule has 0 spiro atoms. The Bertz CT molecular complexity index is 1880. The van der Waals surface area contributed by atoms with Gasteiger partial charge in [0.05, 0.1) is 23.6 Å². The molecule has 0 aliphatic carbocycles. The first kappa shape index (κ1) is 27.1. The number of carbonyl (C=O) groups excluding carboxylic acids is 1. The number of rotatable bonds is 7. The van der Waals surface area contributed by atoms with Crippen LogP contribution in [0.25, 0.3) is 16.9 Å². The van der Waals surface area contributed by atoms with Gasteiger partial charge in [-0.25, -0.2) is 22.8 Å². The molecule has 5 aromatic rings. The molecule has 1 amide bonds. The van der Waals surface area contributed by atoms with E-state index in [1.165, 1.54) is 30.5 Å². The molecule has 13 heteroatoms. The van der Waals surface area contributed by atoms with E-state index in [4.69, 9.17) is 4.74 Å². The van der Waals surface area contributed by atoms with Crippen molar-refractivity contribution in [1.82, 2.24) is 29.1 Å². The van der Waals surface area contributed by atoms with Gasteiger partial charge in [0, 0.05) is 42.8 Å². The molecular formula is C28H23F2N7O4. The van der Waals surface area contributed by atoms with Crippen molar-refractivity contribution in [2.75, 3.05) is 5.32 Å². The van der Waals surface area contributed by atoms with Crippen molar-refractivity contribution in [1.29, 1.82) is 0 Å². The number of aromatic nitrogens is 6. The summed E-state index contributed by atoms with van der Waals surface area (Å²) in [6.45, 7) is 3.29. The number of aryl methyl sites for hydroxylation is 1. The number of hydrogen-bond acceptors (Lipinski definition) is 7. The standard InChI is InChI=1S/C28H23F2N7O4/c1-16(2)37-28(40)36(20-7-4-18(29)5-8-20)27(39)25(34-37)26(38)33-19-6-9-24(22(30)12-19)41-21-10-11-31-23(13-21)17-14-32-35(3)15-17/h4-16H,1-3H3,(H,33,38). The molecule has 5 rings (SSSR count). The molecule has 41 heavy (non-hydrogen) atoms. The normalized spacial score (nSPS) is 11.1. The minimum Gasteiger partial charge on any atom is -0.454 e. The Balaban J connectivity index is 1.41. The van der Waals surface area contributed by atoms with Crippen molar-refractivity contribution in [2.24, 2.45) is 7.05 Å². The fraction of sp³-hybridized carbons (Fsp3) is 0.143. The smallest absolute Gasteiger partial charge is 0.352 e. The molecule has 0 fully saturated rings. The number of benzene rings is 2. The first-order valence-electron chi connectivity index (χ1n) is 12.4. The summed E-state index contributed by atoms with van der Waals surface area (Å²) in [6.07, 6.45) is 4.94. The van der Waals surface area contributed by atoms with Crippen molar-refractivity contribution >= 4 is 11.6 Å². The van der Waals surface area contributed by atoms with Gasteiger partial charge >= 0.3 is 5.69 Å². The van der Waals surface area contributed by atoms with Crippen LogP contribution in [0.5, 0.6) is 11.5 Å². The first-order chi connectivity index (χ1) is 19.6. The number of carbonyl (C=O) groups is 1. The summed E-state index contributed by atoms with van der Waals surface area (Å²) in [7, 11) is 1.78. The van der Waals surface area contributed by atoms with Crippen LogP contribution in [0.3, 0.4) is 0 Å². The third kappa shape index (κ3) is 5.64. The first-order valence-corrected chi connectivity index (χ1v) is 12.4. The molecule has 0 saturated heterocycles. The van der Waals surface area contributed by atoms with Gasteiger partial charge in [-0.15, -0.1) is 0 Å². The van der Waals surface area contributed by atoms with E-state index in [2.05, 4.69) is 20.5 Å². The second kappa shape index (κ2) is 11.0. The fourth-order valence-electron chi connectivity index (χ4n) is 3.95. The molecule has 2 aromatic carbocycles. The molecule has 0 bridgehead atoms. The van der Waals surface area contributed by atoms with E-state index < -0.39 is 40.5 Å². The predicted molar refractivity (Wildman–Crippen MR) is 145 cm³/mol. The Kier molecular flexibility index (Phi) is 7.25. The van der Waals surface area contributed by atoms with Crippen LogP contribution >= 0.6 is 0 Å². The highest BCUT2D eigenvalue weighted by molar-refractivity contribution is 6.02. The van der Waals surface area contributed by atoms with Gasteiger partial charge in [-0.3, -0.25) is 19.3 Å². The van der Waals surface area contributed by atoms with E-state index in [1.807, 2.05) is 0 Å². The topological polar surface area (TPSA) is 126 Å². The minimum absolute atomic E-state index is 0.0162. The number of nitrogens with one attached hydrogen (secondary N) is 1. The van der Waals surface area contributed by atoms with Crippen LogP contribution in [0.4, 0.5) is 14.5 Å². The van der Waals surface area contributed by atoms with Crippen molar-refractivity contribution in [2.45, 2.75) is 19.9 Å². The molecule has 0 unspecified atom stereocenters. The van der Waals surface area contributed by atoms with E-state index >= 15 is 0 Å². The SMILES string of the molecule is CC(C)n1nc(C(=O)Nc2ccc(Oc3ccnc(-c4cnn(C)c4)c3)c(F)c2)c(=O)n(-c2ccc(F)cc2)c1=O. The van der Waals surface area contributed by atoms with Crippen LogP contribution < -0.4 is 21.3 Å². The number of hydrogen-bond donors (Lipinski definition) is 1. The van der Waals surface area contributed by atoms with Gasteiger partial charge in [0.15, 0.2) is 11.6 Å². The predicted octanol–water partition coefficient (Wildman–Crippen LogP) is 4.09. The molecule has 0 aliphatic heterocycles. The number of nitrogens with zero attached hydrogens (tertiary/aromatic N) is 6. The molecule has 3 heterocycles. The van der Waals surface area contributed by atoms with Crippen molar-refractivity contribution < 1.29 is 18.3 Å². The Labute approximate surface area is 231 Å². The van der Waals surface area contributed by atoms with Crippen LogP contribution in [0.2, 0.25) is 0 Å². The van der Waals surface area contributed by atoms with Crippen molar-refractivity contribution in [3.8, 4) is 28.4 Å². The van der Waals surface area contributed by atoms with E-state index in [0.29, 0.717) is 11.4 Å². The number of pyridine rings is 1. The highest BCUT2D eigenvalue weighted by atomic mass is 19.1. The van der Waals surface area contributed by atoms with Gasteiger partial charge in [-0.05, 0) is 56.3 Å². The summed E-state index contributed by atoms with van der Waals surface area (Å²) < 4.78 is 37.4. The second-order valence-corrected chi connectivity index (χ2v) is 9.27. The number of anilines is 1. The Morgan fingerprint density at radius 2 is 1.78 bits per heavy atom. The summed E-state index contributed by atoms with van der Waals surface area (Å²) >= 11 is 0. The molecular weight excluding hydrogens is 536 g/mol. The molecule has 0 radical (unpaired) electrons. The Morgan fingerprint density at radius 3 is 2.44 bits per heavy atom. The molecule has 0 saturated carbocycles. The maximum atomic E-state index is 15.0. The quantitative estimate of drug-likeness (QED) is 0.318. The lowest BCUT2D eigenvalue weighted by Gasteiger charge is -2.14. The lowest BCUT2D eigenvalue weighted by atomic mass is 10.2. The summed E-state index contributed by atoms with van der Waals surface area (Å²) in [5, 5.41) is 10.5. The van der Waals surface area contributed by atoms with Gasteiger partial charge in [-0.2, -0.15) is 10.2 Å². The number of ether oxygens (including phenoxy) is 1. The average Bonchev–Trinajstić information content (AvgIpc) is 3.37. The highest BCUT2D eigenvalue weighted by Gasteiger charge is 2.22. The van der Waals surface area contributed by atoms with Crippen LogP contribution in [0, 0.1) is 11.6 Å². The number of halogens is 2. The number of amides is 1. The van der Waals surface area contributed by atoms with E-state index in [1.54, 1.807) is 50.1 Å². The van der Waals surface area contributed by atoms with Crippen LogP contribution in [0.1, 0.15) is 30.4 Å². The summed E-state index contributed by atoms with van der Waals surface area (Å²) in [5.41, 5.74) is -1.01. The lowest BCUT2D eigenvalue weighted by molar-refractivity contribution is 0.101. The molecule has 0 aliphatic rings. The zero-order valence-corrected chi connectivity index (χ0v) is 22.1. The van der Waals surface area contributed by atoms with Gasteiger partial charge in [0.2, 0.25) is 5.69 Å². The highest BCUT2D eigenvalue weighted by Crippen LogP contribution is 2.29. The summed E-state index contributed by atoms with van der Waals surface area (Å²) in [6, 6.07) is 11.0. The molecule has 3 aromatic heterocycles. The monoisotopic (exact) mass is 559 g/mol. The summed E-state index contributed by atoms with van der Waals surface area (Å²) in [5.74, 6) is -2.10. The molecule has 11 nitrogen and oxygen atoms in total. The average molecular weight is 560 g/mol. The van der Waals surface area contributed by atoms with Crippen molar-refractivity contribution in [3.63, 3.8) is 0 Å². The Hall–Kier alpha value is -5.46. The van der Waals surface area contributed by atoms with Gasteiger partial charge in [-0.1, -0.05) is 0 Å². The molecule has 208 valence electrons. The van der Waals surface area contributed by atoms with E-state index in [9.17, 15) is 23.2 Å². The van der Waals surface area contributed by atoms with Gasteiger partial charge < -0.3 is 10.1 Å². The lowest BCUT2D eigenvalue weighted by Crippen LogP contribution is -2.45. The van der Waals surface area contributed by atoms with E-state index in [0.717, 1.165) is 33.0 Å². The molecule has 0 atom stereocenters. The zero-order chi connectivity index (χ0) is 29.3. The molecule has 1 N–H and O–H groups in total. The Morgan fingerprint density at radius 1 is 1.02 bits per heavy atom. The minimum atomic E-state index is -1.02. The maximum absolute atomic E-state index is 15.0. The fourth-order valence-corrected chi connectivity index (χ4v) is 3.95. The van der Waals surface area contributed by atoms with Crippen LogP contribution in [-0.2, 0) is 7.05 Å². The van der Waals surface area contributed by atoms with Crippen LogP contribution in [-0.4, -0.2) is 35.0 Å². The summed E-state index contributed by atoms with van der Waals surface area (Å²) in [4.78, 5) is 43.5.